The van der Waals surface area contributed by atoms with Gasteiger partial charge in [0.15, 0.2) is 12.6 Å². The van der Waals surface area contributed by atoms with Gasteiger partial charge in [-0.1, -0.05) is 18.2 Å². The van der Waals surface area contributed by atoms with Gasteiger partial charge >= 0.3 is 5.97 Å². The smallest absolute Gasteiger partial charge is 0.364 e. The van der Waals surface area contributed by atoms with E-state index in [-0.39, 0.29) is 24.0 Å². The first kappa shape index (κ1) is 32.0. The zero-order valence-electron chi connectivity index (χ0n) is 24.5. The van der Waals surface area contributed by atoms with Crippen molar-refractivity contribution in [2.45, 2.75) is 89.0 Å². The predicted molar refractivity (Wildman–Crippen MR) is 155 cm³/mol. The highest BCUT2D eigenvalue weighted by molar-refractivity contribution is 5.83. The zero-order chi connectivity index (χ0) is 29.6. The molecule has 9 nitrogen and oxygen atoms in total. The number of carbonyl (C=O) groups excluding carboxylic acids is 1. The molecule has 9 heteroatoms. The lowest BCUT2D eigenvalue weighted by molar-refractivity contribution is -0.349. The van der Waals surface area contributed by atoms with Crippen LogP contribution in [0.2, 0.25) is 0 Å². The van der Waals surface area contributed by atoms with Crippen molar-refractivity contribution in [2.24, 2.45) is 11.8 Å². The quantitative estimate of drug-likeness (QED) is 0.115. The lowest BCUT2D eigenvalue weighted by Crippen LogP contribution is -2.50. The van der Waals surface area contributed by atoms with Crippen LogP contribution in [0.5, 0.6) is 11.5 Å². The average Bonchev–Trinajstić information content (AvgIpc) is 3.36. The lowest BCUT2D eigenvalue weighted by Gasteiger charge is -2.37. The molecular weight excluding hydrogens is 540 g/mol. The molecule has 4 rings (SSSR count). The molecule has 0 bridgehead atoms. The van der Waals surface area contributed by atoms with E-state index in [1.54, 1.807) is 19.3 Å². The molecular formula is C33H44O9. The second-order valence-corrected chi connectivity index (χ2v) is 10.9. The van der Waals surface area contributed by atoms with Gasteiger partial charge in [-0.05, 0) is 88.0 Å². The number of ether oxygens (including phenoxy) is 6. The van der Waals surface area contributed by atoms with Gasteiger partial charge in [-0.2, -0.15) is 0 Å². The minimum atomic E-state index is -1.94. The highest BCUT2D eigenvalue weighted by Gasteiger charge is 2.46. The largest absolute Gasteiger partial charge is 0.497 e. The summed E-state index contributed by atoms with van der Waals surface area (Å²) in [6.45, 7) is 1.58. The summed E-state index contributed by atoms with van der Waals surface area (Å²) in [5.74, 6) is -1.38. The number of Topliss-reactive ketones (excluding diaryl/α,β-unsaturated/α-hetero) is 1. The van der Waals surface area contributed by atoms with E-state index < -0.39 is 24.3 Å². The molecule has 230 valence electrons. The van der Waals surface area contributed by atoms with Crippen LogP contribution in [0.4, 0.5) is 0 Å². The van der Waals surface area contributed by atoms with Crippen molar-refractivity contribution in [1.29, 1.82) is 0 Å². The van der Waals surface area contributed by atoms with Crippen LogP contribution >= 0.6 is 0 Å². The number of carboxylic acids is 1. The van der Waals surface area contributed by atoms with Crippen molar-refractivity contribution in [3.8, 4) is 11.5 Å². The van der Waals surface area contributed by atoms with Crippen LogP contribution in [0.1, 0.15) is 70.6 Å². The molecule has 4 atom stereocenters. The Morgan fingerprint density at radius 1 is 1.05 bits per heavy atom. The molecule has 1 aromatic carbocycles. The maximum absolute atomic E-state index is 12.6. The summed E-state index contributed by atoms with van der Waals surface area (Å²) in [5, 5.41) is 10.2. The molecule has 0 radical (unpaired) electrons. The monoisotopic (exact) mass is 584 g/mol. The molecule has 42 heavy (non-hydrogen) atoms. The lowest BCUT2D eigenvalue weighted by atomic mass is 9.91. The van der Waals surface area contributed by atoms with Gasteiger partial charge in [0.25, 0.3) is 5.79 Å². The van der Waals surface area contributed by atoms with Crippen molar-refractivity contribution in [3.05, 3.63) is 54.3 Å². The normalized spacial score (nSPS) is 25.9. The van der Waals surface area contributed by atoms with E-state index in [0.717, 1.165) is 50.0 Å². The molecule has 2 aliphatic heterocycles. The van der Waals surface area contributed by atoms with Gasteiger partial charge < -0.3 is 33.5 Å². The van der Waals surface area contributed by atoms with E-state index in [1.807, 2.05) is 24.3 Å². The maximum atomic E-state index is 12.6. The summed E-state index contributed by atoms with van der Waals surface area (Å²) >= 11 is 0. The van der Waals surface area contributed by atoms with Crippen LogP contribution in [0, 0.1) is 11.8 Å². The Bertz CT molecular complexity index is 1070. The Hall–Kier alpha value is -2.94. The first-order valence-corrected chi connectivity index (χ1v) is 15.2. The van der Waals surface area contributed by atoms with E-state index in [0.29, 0.717) is 45.5 Å². The molecule has 2 saturated heterocycles. The van der Waals surface area contributed by atoms with Crippen LogP contribution in [0.3, 0.4) is 0 Å². The maximum Gasteiger partial charge on any atom is 0.364 e. The second kappa shape index (κ2) is 16.6. The fraction of sp³-hybridized carbons (Fsp3) is 0.606. The van der Waals surface area contributed by atoms with Gasteiger partial charge in [0.2, 0.25) is 0 Å². The summed E-state index contributed by atoms with van der Waals surface area (Å²) in [4.78, 5) is 25.1. The third-order valence-electron chi connectivity index (χ3n) is 7.86. The van der Waals surface area contributed by atoms with Crippen LogP contribution < -0.4 is 9.47 Å². The number of carbonyl (C=O) groups is 2. The fourth-order valence-corrected chi connectivity index (χ4v) is 5.49. The number of aliphatic carboxylic acids is 1. The Morgan fingerprint density at radius 3 is 2.40 bits per heavy atom. The molecule has 1 aliphatic carbocycles. The van der Waals surface area contributed by atoms with E-state index in [4.69, 9.17) is 28.4 Å². The molecule has 0 spiro atoms. The molecule has 0 amide bonds. The molecule has 2 heterocycles. The van der Waals surface area contributed by atoms with E-state index in [1.165, 1.54) is 0 Å². The third kappa shape index (κ3) is 9.54. The minimum absolute atomic E-state index is 0.0617. The standard InChI is InChI=1S/C33H44O9/c1-37-26-13-11-14-27(24-26)38-21-8-4-12-25-18-19-29(34)28(25)15-3-2-7-20-33(32(35)36,41-30-16-5-9-22-39-30)42-31-17-6-10-23-40-31/h3-4,7,11-14,24-25,28,30-31H,5-6,8-10,15-23H2,1H3,(H,35,36)/b12-4+/t2?,25-,28+,30?,31?,33?/m0/s1. The molecule has 0 aromatic heterocycles. The van der Waals surface area contributed by atoms with Crippen LogP contribution in [-0.4, -0.2) is 62.2 Å². The summed E-state index contributed by atoms with van der Waals surface area (Å²) in [5.41, 5.74) is 3.08. The molecule has 1 saturated carbocycles. The van der Waals surface area contributed by atoms with E-state index in [9.17, 15) is 14.7 Å². The van der Waals surface area contributed by atoms with Crippen LogP contribution in [-0.2, 0) is 28.5 Å². The number of hydrogen-bond donors (Lipinski definition) is 1. The third-order valence-corrected chi connectivity index (χ3v) is 7.86. The first-order valence-electron chi connectivity index (χ1n) is 15.2. The number of hydrogen-bond acceptors (Lipinski definition) is 8. The van der Waals surface area contributed by atoms with Gasteiger partial charge in [-0.25, -0.2) is 4.79 Å². The van der Waals surface area contributed by atoms with Crippen LogP contribution in [0.15, 0.2) is 54.3 Å². The van der Waals surface area contributed by atoms with Crippen molar-refractivity contribution >= 4 is 11.8 Å². The van der Waals surface area contributed by atoms with Crippen molar-refractivity contribution in [3.63, 3.8) is 0 Å². The highest BCUT2D eigenvalue weighted by atomic mass is 16.8. The Labute approximate surface area is 248 Å². The first-order chi connectivity index (χ1) is 20.5. The molecule has 3 fully saturated rings. The summed E-state index contributed by atoms with van der Waals surface area (Å²) in [6.07, 6.45) is 13.7. The van der Waals surface area contributed by atoms with Gasteiger partial charge in [0.1, 0.15) is 17.3 Å². The number of carboxylic acid groups (broad SMARTS) is 1. The number of benzene rings is 1. The number of ketones is 1. The molecule has 3 aliphatic rings. The van der Waals surface area contributed by atoms with Gasteiger partial charge in [0.05, 0.1) is 13.7 Å². The topological polar surface area (TPSA) is 110 Å². The average molecular weight is 585 g/mol. The Balaban J connectivity index is 1.32. The summed E-state index contributed by atoms with van der Waals surface area (Å²) in [6, 6.07) is 7.50. The van der Waals surface area contributed by atoms with Crippen molar-refractivity contribution < 1.29 is 43.1 Å². The fourth-order valence-electron chi connectivity index (χ4n) is 5.49. The van der Waals surface area contributed by atoms with E-state index >= 15 is 0 Å². The van der Waals surface area contributed by atoms with Gasteiger partial charge in [-0.15, -0.1) is 5.73 Å². The molecule has 1 N–H and O–H groups in total. The SMILES string of the molecule is COc1cccc(OCC/C=C/[C@H]2CCC(=O)[C@@H]2CC=C=CCC(OC2CCCCO2)(OC2CCCCO2)C(=O)O)c1. The number of methoxy groups -OCH3 is 1. The van der Waals surface area contributed by atoms with Crippen molar-refractivity contribution in [1.82, 2.24) is 0 Å². The Kier molecular flexibility index (Phi) is 12.7. The predicted octanol–water partition coefficient (Wildman–Crippen LogP) is 5.97. The molecule has 2 unspecified atom stereocenters. The van der Waals surface area contributed by atoms with Gasteiger partial charge in [-0.3, -0.25) is 4.79 Å². The van der Waals surface area contributed by atoms with Crippen LogP contribution in [0.25, 0.3) is 0 Å². The number of allylic oxidation sites excluding steroid dienone is 1. The number of rotatable bonds is 15. The van der Waals surface area contributed by atoms with E-state index in [2.05, 4.69) is 17.9 Å². The highest BCUT2D eigenvalue weighted by Crippen LogP contribution is 2.33. The Morgan fingerprint density at radius 2 is 1.76 bits per heavy atom. The van der Waals surface area contributed by atoms with Gasteiger partial charge in [0, 0.05) is 38.0 Å². The summed E-state index contributed by atoms with van der Waals surface area (Å²) in [7, 11) is 1.62. The summed E-state index contributed by atoms with van der Waals surface area (Å²) < 4.78 is 34.3. The zero-order valence-corrected chi connectivity index (χ0v) is 24.5. The minimum Gasteiger partial charge on any atom is -0.497 e. The molecule has 1 aromatic rings. The van der Waals surface area contributed by atoms with Crippen molar-refractivity contribution in [2.75, 3.05) is 26.9 Å². The second-order valence-electron chi connectivity index (χ2n) is 10.9.